The molecule has 1 atom stereocenters. The first-order valence-electron chi connectivity index (χ1n) is 7.37. The molecule has 96 valence electrons. The molecule has 0 aromatic carbocycles. The molecule has 0 rings (SSSR count). The van der Waals surface area contributed by atoms with E-state index >= 15 is 0 Å². The van der Waals surface area contributed by atoms with Gasteiger partial charge in [0.05, 0.1) is 0 Å². The summed E-state index contributed by atoms with van der Waals surface area (Å²) in [5.74, 6) is 0.850. The van der Waals surface area contributed by atoms with Gasteiger partial charge in [0, 0.05) is 0 Å². The van der Waals surface area contributed by atoms with Crippen molar-refractivity contribution in [3.63, 3.8) is 0 Å². The smallest absolute Gasteiger partial charge is 0.0297 e. The quantitative estimate of drug-likeness (QED) is 0.293. The van der Waals surface area contributed by atoms with Gasteiger partial charge in [-0.3, -0.25) is 0 Å². The van der Waals surface area contributed by atoms with Crippen LogP contribution in [0.2, 0.25) is 0 Å². The number of hydrogen-bond acceptors (Lipinski definition) is 0. The highest BCUT2D eigenvalue weighted by atomic mass is 14.1. The Morgan fingerprint density at radius 2 is 1.56 bits per heavy atom. The van der Waals surface area contributed by atoms with E-state index in [1.807, 2.05) is 0 Å². The highest BCUT2D eigenvalue weighted by Crippen LogP contribution is 2.20. The van der Waals surface area contributed by atoms with E-state index in [1.54, 1.807) is 0 Å². The molecule has 0 spiro atoms. The summed E-state index contributed by atoms with van der Waals surface area (Å²) in [7, 11) is 0. The van der Waals surface area contributed by atoms with Crippen molar-refractivity contribution in [1.29, 1.82) is 0 Å². The standard InChI is InChI=1S/C16H32/c1-5-7-9-10-11-13-16(4)14-15(3)12-8-6-2/h15H,4-14H2,1-3H3. The molecule has 1 unspecified atom stereocenters. The van der Waals surface area contributed by atoms with Gasteiger partial charge in [-0.05, 0) is 25.2 Å². The summed E-state index contributed by atoms with van der Waals surface area (Å²) in [6.07, 6.45) is 13.5. The predicted molar refractivity (Wildman–Crippen MR) is 75.8 cm³/mol. The van der Waals surface area contributed by atoms with Crippen molar-refractivity contribution in [3.8, 4) is 0 Å². The molecule has 0 aromatic heterocycles. The van der Waals surface area contributed by atoms with Crippen molar-refractivity contribution >= 4 is 0 Å². The predicted octanol–water partition coefficient (Wildman–Crippen LogP) is 6.12. The van der Waals surface area contributed by atoms with Crippen LogP contribution in [0.25, 0.3) is 0 Å². The van der Waals surface area contributed by atoms with E-state index in [-0.39, 0.29) is 0 Å². The highest BCUT2D eigenvalue weighted by Gasteiger charge is 2.03. The second-order valence-corrected chi connectivity index (χ2v) is 5.37. The van der Waals surface area contributed by atoms with Crippen LogP contribution in [0.1, 0.15) is 85.0 Å². The minimum absolute atomic E-state index is 0.850. The van der Waals surface area contributed by atoms with Crippen LogP contribution >= 0.6 is 0 Å². The Hall–Kier alpha value is -0.260. The summed E-state index contributed by atoms with van der Waals surface area (Å²) in [5.41, 5.74) is 1.49. The first kappa shape index (κ1) is 15.7. The minimum Gasteiger partial charge on any atom is -0.0999 e. The van der Waals surface area contributed by atoms with Crippen LogP contribution in [-0.4, -0.2) is 0 Å². The van der Waals surface area contributed by atoms with Crippen molar-refractivity contribution in [1.82, 2.24) is 0 Å². The second kappa shape index (κ2) is 11.2. The zero-order valence-electron chi connectivity index (χ0n) is 11.9. The van der Waals surface area contributed by atoms with Gasteiger partial charge < -0.3 is 0 Å². The SMILES string of the molecule is C=C(CCCCCCC)CC(C)CCCC. The summed E-state index contributed by atoms with van der Waals surface area (Å²) >= 11 is 0. The Morgan fingerprint density at radius 3 is 2.19 bits per heavy atom. The van der Waals surface area contributed by atoms with E-state index in [1.165, 1.54) is 69.8 Å². The summed E-state index contributed by atoms with van der Waals surface area (Å²) in [6.45, 7) is 11.1. The molecule has 0 heteroatoms. The fourth-order valence-corrected chi connectivity index (χ4v) is 2.23. The molecule has 0 N–H and O–H groups in total. The monoisotopic (exact) mass is 224 g/mol. The lowest BCUT2D eigenvalue weighted by molar-refractivity contribution is 0.492. The van der Waals surface area contributed by atoms with Gasteiger partial charge in [0.15, 0.2) is 0 Å². The molecule has 0 aromatic rings. The zero-order chi connectivity index (χ0) is 12.2. The van der Waals surface area contributed by atoms with Crippen molar-refractivity contribution in [2.24, 2.45) is 5.92 Å². The lowest BCUT2D eigenvalue weighted by atomic mass is 9.94. The maximum Gasteiger partial charge on any atom is -0.0297 e. The van der Waals surface area contributed by atoms with E-state index in [0.717, 1.165) is 5.92 Å². The van der Waals surface area contributed by atoms with Gasteiger partial charge >= 0.3 is 0 Å². The Bertz CT molecular complexity index is 157. The van der Waals surface area contributed by atoms with Gasteiger partial charge in [-0.1, -0.05) is 77.9 Å². The van der Waals surface area contributed by atoms with Crippen LogP contribution in [-0.2, 0) is 0 Å². The molecular formula is C16H32. The number of rotatable bonds is 11. The number of allylic oxidation sites excluding steroid dienone is 1. The van der Waals surface area contributed by atoms with Crippen LogP contribution in [0.15, 0.2) is 12.2 Å². The molecule has 0 aliphatic heterocycles. The first-order valence-corrected chi connectivity index (χ1v) is 7.37. The third kappa shape index (κ3) is 10.3. The highest BCUT2D eigenvalue weighted by molar-refractivity contribution is 4.94. The van der Waals surface area contributed by atoms with E-state index < -0.39 is 0 Å². The Labute approximate surface area is 104 Å². The van der Waals surface area contributed by atoms with Crippen molar-refractivity contribution in [2.45, 2.75) is 85.0 Å². The summed E-state index contributed by atoms with van der Waals surface area (Å²) in [4.78, 5) is 0. The lowest BCUT2D eigenvalue weighted by Crippen LogP contribution is -1.96. The first-order chi connectivity index (χ1) is 7.70. The normalized spacial score (nSPS) is 12.7. The molecule has 16 heavy (non-hydrogen) atoms. The average molecular weight is 224 g/mol. The van der Waals surface area contributed by atoms with E-state index in [9.17, 15) is 0 Å². The summed E-state index contributed by atoms with van der Waals surface area (Å²) < 4.78 is 0. The molecule has 0 saturated heterocycles. The Balaban J connectivity index is 3.36. The van der Waals surface area contributed by atoms with Gasteiger partial charge in [-0.25, -0.2) is 0 Å². The third-order valence-electron chi connectivity index (χ3n) is 3.32. The van der Waals surface area contributed by atoms with Crippen LogP contribution in [0.4, 0.5) is 0 Å². The van der Waals surface area contributed by atoms with E-state index in [0.29, 0.717) is 0 Å². The van der Waals surface area contributed by atoms with Crippen LogP contribution in [0, 0.1) is 5.92 Å². The van der Waals surface area contributed by atoms with Crippen LogP contribution in [0.3, 0.4) is 0 Å². The van der Waals surface area contributed by atoms with E-state index in [2.05, 4.69) is 27.4 Å². The van der Waals surface area contributed by atoms with Crippen molar-refractivity contribution in [2.75, 3.05) is 0 Å². The van der Waals surface area contributed by atoms with Crippen LogP contribution < -0.4 is 0 Å². The molecule has 0 fully saturated rings. The van der Waals surface area contributed by atoms with Crippen LogP contribution in [0.5, 0.6) is 0 Å². The fraction of sp³-hybridized carbons (Fsp3) is 0.875. The van der Waals surface area contributed by atoms with Gasteiger partial charge in [-0.15, -0.1) is 0 Å². The third-order valence-corrected chi connectivity index (χ3v) is 3.32. The molecule has 0 heterocycles. The zero-order valence-corrected chi connectivity index (χ0v) is 11.9. The molecule has 0 amide bonds. The summed E-state index contributed by atoms with van der Waals surface area (Å²) in [5, 5.41) is 0. The molecule has 0 radical (unpaired) electrons. The van der Waals surface area contributed by atoms with Gasteiger partial charge in [-0.2, -0.15) is 0 Å². The molecule has 0 aliphatic carbocycles. The largest absolute Gasteiger partial charge is 0.0999 e. The molecule has 0 bridgehead atoms. The summed E-state index contributed by atoms with van der Waals surface area (Å²) in [6, 6.07) is 0. The topological polar surface area (TPSA) is 0 Å². The molecule has 0 nitrogen and oxygen atoms in total. The van der Waals surface area contributed by atoms with Crippen molar-refractivity contribution in [3.05, 3.63) is 12.2 Å². The van der Waals surface area contributed by atoms with E-state index in [4.69, 9.17) is 0 Å². The number of unbranched alkanes of at least 4 members (excludes halogenated alkanes) is 5. The second-order valence-electron chi connectivity index (χ2n) is 5.37. The minimum atomic E-state index is 0.850. The number of hydrogen-bond donors (Lipinski definition) is 0. The lowest BCUT2D eigenvalue weighted by Gasteiger charge is -2.12. The molecular weight excluding hydrogens is 192 g/mol. The maximum atomic E-state index is 4.22. The van der Waals surface area contributed by atoms with Crippen molar-refractivity contribution < 1.29 is 0 Å². The fourth-order valence-electron chi connectivity index (χ4n) is 2.23. The molecule has 0 aliphatic rings. The molecule has 0 saturated carbocycles. The van der Waals surface area contributed by atoms with Gasteiger partial charge in [0.1, 0.15) is 0 Å². The van der Waals surface area contributed by atoms with Gasteiger partial charge in [0.2, 0.25) is 0 Å². The van der Waals surface area contributed by atoms with Gasteiger partial charge in [0.25, 0.3) is 0 Å². The Morgan fingerprint density at radius 1 is 0.938 bits per heavy atom. The average Bonchev–Trinajstić information content (AvgIpc) is 2.26. The Kier molecular flexibility index (Phi) is 11.0. The maximum absolute atomic E-state index is 4.22.